The lowest BCUT2D eigenvalue weighted by molar-refractivity contribution is 0.00325. The Morgan fingerprint density at radius 3 is 0.967 bits per heavy atom. The minimum Gasteiger partial charge on any atom is -0.378 e. The zero-order valence-corrected chi connectivity index (χ0v) is 18.6. The largest absolute Gasteiger partial charge is 0.378 e. The Morgan fingerprint density at radius 2 is 0.667 bits per heavy atom. The minimum absolute atomic E-state index is 0.549. The summed E-state index contributed by atoms with van der Waals surface area (Å²) in [5.74, 6) is 0. The number of hydrogen-bond acceptors (Lipinski definition) is 10. The average Bonchev–Trinajstić information content (AvgIpc) is 2.77. The molecule has 1 aliphatic heterocycles. The molecule has 0 atom stereocenters. The summed E-state index contributed by atoms with van der Waals surface area (Å²) in [6.45, 7) is 14.8. The molecule has 4 N–H and O–H groups in total. The fourth-order valence-electron chi connectivity index (χ4n) is 2.87. The quantitative estimate of drug-likeness (QED) is 0.197. The van der Waals surface area contributed by atoms with Gasteiger partial charge in [0.25, 0.3) is 0 Å². The molecule has 0 radical (unpaired) electrons. The van der Waals surface area contributed by atoms with Crippen LogP contribution in [0.3, 0.4) is 0 Å². The molecule has 0 amide bonds. The van der Waals surface area contributed by atoms with Gasteiger partial charge in [0.15, 0.2) is 0 Å². The standard InChI is InChI=1S/C20H44N4O6/c21-1-9-25-13-17-29-19-15-27-11-7-23-3-5-24(6-4-23)8-12-28-16-20-30-18-14-26-10-2-22/h1-22H2. The summed E-state index contributed by atoms with van der Waals surface area (Å²) in [6, 6.07) is 0. The Kier molecular flexibility index (Phi) is 20.1. The molecule has 10 heteroatoms. The zero-order valence-electron chi connectivity index (χ0n) is 18.6. The fraction of sp³-hybridized carbons (Fsp3) is 1.00. The monoisotopic (exact) mass is 436 g/mol. The number of nitrogens with two attached hydrogens (primary N) is 2. The molecule has 1 heterocycles. The van der Waals surface area contributed by atoms with E-state index in [1.165, 1.54) is 0 Å². The van der Waals surface area contributed by atoms with Gasteiger partial charge in [0.1, 0.15) is 0 Å². The van der Waals surface area contributed by atoms with Crippen molar-refractivity contribution in [1.82, 2.24) is 9.80 Å². The molecule has 0 bridgehead atoms. The van der Waals surface area contributed by atoms with Crippen LogP contribution in [-0.4, -0.2) is 141 Å². The van der Waals surface area contributed by atoms with E-state index in [1.807, 2.05) is 0 Å². The molecular formula is C20H44N4O6. The maximum atomic E-state index is 5.64. The van der Waals surface area contributed by atoms with Crippen molar-refractivity contribution in [2.75, 3.05) is 132 Å². The number of ether oxygens (including phenoxy) is 6. The van der Waals surface area contributed by atoms with Gasteiger partial charge >= 0.3 is 0 Å². The van der Waals surface area contributed by atoms with Gasteiger partial charge in [-0.1, -0.05) is 0 Å². The maximum absolute atomic E-state index is 5.64. The highest BCUT2D eigenvalue weighted by atomic mass is 16.5. The summed E-state index contributed by atoms with van der Waals surface area (Å²) in [4.78, 5) is 4.89. The molecule has 0 aromatic heterocycles. The van der Waals surface area contributed by atoms with Gasteiger partial charge in [0.2, 0.25) is 0 Å². The van der Waals surface area contributed by atoms with E-state index in [1.54, 1.807) is 0 Å². The van der Waals surface area contributed by atoms with Gasteiger partial charge in [0.05, 0.1) is 79.3 Å². The van der Waals surface area contributed by atoms with Crippen LogP contribution >= 0.6 is 0 Å². The van der Waals surface area contributed by atoms with E-state index in [2.05, 4.69) is 9.80 Å². The predicted octanol–water partition coefficient (Wildman–Crippen LogP) is -1.38. The van der Waals surface area contributed by atoms with Gasteiger partial charge in [0, 0.05) is 52.4 Å². The SMILES string of the molecule is NCCOCCOCCOCCN1CCN(CCOCCOCCOCCN)CC1. The van der Waals surface area contributed by atoms with Crippen LogP contribution in [0.1, 0.15) is 0 Å². The molecule has 0 aromatic carbocycles. The first-order valence-electron chi connectivity index (χ1n) is 11.2. The Labute approximate surface area is 182 Å². The van der Waals surface area contributed by atoms with Crippen LogP contribution in [0.5, 0.6) is 0 Å². The average molecular weight is 437 g/mol. The van der Waals surface area contributed by atoms with Gasteiger partial charge in [-0.25, -0.2) is 0 Å². The second kappa shape index (κ2) is 21.8. The van der Waals surface area contributed by atoms with Crippen molar-refractivity contribution in [3.8, 4) is 0 Å². The van der Waals surface area contributed by atoms with Crippen molar-refractivity contribution in [1.29, 1.82) is 0 Å². The molecule has 0 spiro atoms. The zero-order chi connectivity index (χ0) is 21.5. The first kappa shape index (κ1) is 27.6. The number of hydrogen-bond donors (Lipinski definition) is 2. The summed E-state index contributed by atoms with van der Waals surface area (Å²) < 4.78 is 32.6. The van der Waals surface area contributed by atoms with Crippen LogP contribution in [-0.2, 0) is 28.4 Å². The third-order valence-corrected chi connectivity index (χ3v) is 4.58. The lowest BCUT2D eigenvalue weighted by Crippen LogP contribution is -2.48. The van der Waals surface area contributed by atoms with E-state index >= 15 is 0 Å². The van der Waals surface area contributed by atoms with Gasteiger partial charge in [-0.15, -0.1) is 0 Å². The number of nitrogens with zero attached hydrogens (tertiary/aromatic N) is 2. The molecule has 1 aliphatic rings. The van der Waals surface area contributed by atoms with E-state index < -0.39 is 0 Å². The summed E-state index contributed by atoms with van der Waals surface area (Å²) in [6.07, 6.45) is 0. The number of rotatable bonds is 22. The molecule has 10 nitrogen and oxygen atoms in total. The summed E-state index contributed by atoms with van der Waals surface area (Å²) in [5.41, 5.74) is 10.7. The second-order valence-corrected chi connectivity index (χ2v) is 6.93. The molecule has 0 saturated carbocycles. The maximum Gasteiger partial charge on any atom is 0.0701 e. The third kappa shape index (κ3) is 17.3. The van der Waals surface area contributed by atoms with E-state index in [0.717, 1.165) is 52.5 Å². The Morgan fingerprint density at radius 1 is 0.400 bits per heavy atom. The Hall–Kier alpha value is -0.400. The van der Waals surface area contributed by atoms with E-state index in [9.17, 15) is 0 Å². The van der Waals surface area contributed by atoms with Gasteiger partial charge in [-0.05, 0) is 0 Å². The van der Waals surface area contributed by atoms with Gasteiger partial charge < -0.3 is 39.9 Å². The van der Waals surface area contributed by atoms with E-state index in [0.29, 0.717) is 79.2 Å². The first-order chi connectivity index (χ1) is 14.9. The topological polar surface area (TPSA) is 114 Å². The van der Waals surface area contributed by atoms with Crippen LogP contribution in [0, 0.1) is 0 Å². The third-order valence-electron chi connectivity index (χ3n) is 4.58. The lowest BCUT2D eigenvalue weighted by Gasteiger charge is -2.34. The summed E-state index contributed by atoms with van der Waals surface area (Å²) >= 11 is 0. The molecule has 180 valence electrons. The molecule has 0 aromatic rings. The minimum atomic E-state index is 0.549. The van der Waals surface area contributed by atoms with Crippen molar-refractivity contribution < 1.29 is 28.4 Å². The predicted molar refractivity (Wildman–Crippen MR) is 116 cm³/mol. The van der Waals surface area contributed by atoms with Crippen LogP contribution in [0.4, 0.5) is 0 Å². The van der Waals surface area contributed by atoms with Crippen LogP contribution in [0.15, 0.2) is 0 Å². The van der Waals surface area contributed by atoms with Crippen molar-refractivity contribution >= 4 is 0 Å². The van der Waals surface area contributed by atoms with E-state index in [4.69, 9.17) is 39.9 Å². The fourth-order valence-corrected chi connectivity index (χ4v) is 2.87. The molecule has 1 fully saturated rings. The molecule has 1 rings (SSSR count). The summed E-state index contributed by atoms with van der Waals surface area (Å²) in [7, 11) is 0. The smallest absolute Gasteiger partial charge is 0.0701 e. The first-order valence-corrected chi connectivity index (χ1v) is 11.2. The molecule has 0 unspecified atom stereocenters. The molecule has 30 heavy (non-hydrogen) atoms. The highest BCUT2D eigenvalue weighted by Crippen LogP contribution is 2.01. The Balaban J connectivity index is 1.80. The number of piperazine rings is 1. The molecule has 0 aliphatic carbocycles. The van der Waals surface area contributed by atoms with Gasteiger partial charge in [-0.2, -0.15) is 0 Å². The van der Waals surface area contributed by atoms with Crippen LogP contribution in [0.2, 0.25) is 0 Å². The van der Waals surface area contributed by atoms with Crippen LogP contribution in [0.25, 0.3) is 0 Å². The highest BCUT2D eigenvalue weighted by Gasteiger charge is 2.16. The van der Waals surface area contributed by atoms with E-state index in [-0.39, 0.29) is 0 Å². The summed E-state index contributed by atoms with van der Waals surface area (Å²) in [5, 5.41) is 0. The lowest BCUT2D eigenvalue weighted by atomic mass is 10.3. The van der Waals surface area contributed by atoms with Crippen molar-refractivity contribution in [3.63, 3.8) is 0 Å². The molecule has 1 saturated heterocycles. The Bertz CT molecular complexity index is 317. The molecular weight excluding hydrogens is 392 g/mol. The van der Waals surface area contributed by atoms with Gasteiger partial charge in [-0.3, -0.25) is 9.80 Å². The highest BCUT2D eigenvalue weighted by molar-refractivity contribution is 4.71. The van der Waals surface area contributed by atoms with Crippen molar-refractivity contribution in [2.24, 2.45) is 11.5 Å². The van der Waals surface area contributed by atoms with Crippen LogP contribution < -0.4 is 11.5 Å². The van der Waals surface area contributed by atoms with Crippen molar-refractivity contribution in [2.45, 2.75) is 0 Å². The van der Waals surface area contributed by atoms with Crippen molar-refractivity contribution in [3.05, 3.63) is 0 Å². The normalized spacial score (nSPS) is 15.8. The second-order valence-electron chi connectivity index (χ2n) is 6.93.